The Bertz CT molecular complexity index is 411. The lowest BCUT2D eigenvalue weighted by Gasteiger charge is -2.06. The van der Waals surface area contributed by atoms with E-state index in [9.17, 15) is 14.9 Å². The molecule has 0 aliphatic rings. The van der Waals surface area contributed by atoms with Crippen molar-refractivity contribution in [3.8, 4) is 0 Å². The summed E-state index contributed by atoms with van der Waals surface area (Å²) in [6.45, 7) is 0.394. The van der Waals surface area contributed by atoms with E-state index in [0.717, 1.165) is 0 Å². The monoisotopic (exact) mass is 258 g/mol. The minimum atomic E-state index is -0.518. The second kappa shape index (κ2) is 6.70. The van der Waals surface area contributed by atoms with Crippen LogP contribution in [0.15, 0.2) is 24.3 Å². The predicted octanol–water partition coefficient (Wildman–Crippen LogP) is 1.79. The highest BCUT2D eigenvalue weighted by Gasteiger charge is 2.11. The molecule has 1 aromatic carbocycles. The molecule has 1 rings (SSSR count). The van der Waals surface area contributed by atoms with Crippen LogP contribution in [0, 0.1) is 10.1 Å². The van der Waals surface area contributed by atoms with E-state index in [1.54, 1.807) is 18.2 Å². The summed E-state index contributed by atoms with van der Waals surface area (Å²) in [7, 11) is 0. The molecule has 0 aliphatic heterocycles. The van der Waals surface area contributed by atoms with Crippen molar-refractivity contribution >= 4 is 28.9 Å². The maximum atomic E-state index is 10.7. The van der Waals surface area contributed by atoms with Crippen LogP contribution >= 0.6 is 11.6 Å². The SMILES string of the molecule is O=C(CCl)OCCNc1ccccc1[N+](=O)[O-]. The molecule has 0 amide bonds. The van der Waals surface area contributed by atoms with Crippen LogP contribution in [0.5, 0.6) is 0 Å². The summed E-state index contributed by atoms with van der Waals surface area (Å²) in [5, 5.41) is 13.5. The molecule has 0 fully saturated rings. The number of carbonyl (C=O) groups is 1. The third kappa shape index (κ3) is 4.28. The Balaban J connectivity index is 2.46. The van der Waals surface area contributed by atoms with Gasteiger partial charge in [-0.05, 0) is 6.07 Å². The zero-order valence-corrected chi connectivity index (χ0v) is 9.64. The molecule has 92 valence electrons. The third-order valence-corrected chi connectivity index (χ3v) is 2.11. The number of halogens is 1. The summed E-state index contributed by atoms with van der Waals surface area (Å²) >= 11 is 5.23. The van der Waals surface area contributed by atoms with E-state index in [4.69, 9.17) is 16.3 Å². The van der Waals surface area contributed by atoms with Crippen molar-refractivity contribution in [3.63, 3.8) is 0 Å². The fourth-order valence-corrected chi connectivity index (χ4v) is 1.25. The van der Waals surface area contributed by atoms with Gasteiger partial charge < -0.3 is 10.1 Å². The maximum absolute atomic E-state index is 10.7. The molecule has 1 N–H and O–H groups in total. The van der Waals surface area contributed by atoms with Gasteiger partial charge in [0.1, 0.15) is 18.2 Å². The van der Waals surface area contributed by atoms with Gasteiger partial charge in [-0.15, -0.1) is 11.6 Å². The van der Waals surface area contributed by atoms with Gasteiger partial charge in [-0.3, -0.25) is 14.9 Å². The summed E-state index contributed by atoms with van der Waals surface area (Å²) in [6.07, 6.45) is 0. The molecule has 0 aliphatic carbocycles. The van der Waals surface area contributed by atoms with Gasteiger partial charge in [0.2, 0.25) is 0 Å². The lowest BCUT2D eigenvalue weighted by molar-refractivity contribution is -0.384. The second-order valence-electron chi connectivity index (χ2n) is 3.06. The van der Waals surface area contributed by atoms with Crippen LogP contribution in [-0.4, -0.2) is 29.9 Å². The van der Waals surface area contributed by atoms with Crippen LogP contribution in [0.2, 0.25) is 0 Å². The molecular weight excluding hydrogens is 248 g/mol. The zero-order valence-electron chi connectivity index (χ0n) is 8.89. The molecule has 0 saturated heterocycles. The van der Waals surface area contributed by atoms with Gasteiger partial charge in [0.05, 0.1) is 4.92 Å². The van der Waals surface area contributed by atoms with Crippen molar-refractivity contribution < 1.29 is 14.5 Å². The minimum Gasteiger partial charge on any atom is -0.463 e. The highest BCUT2D eigenvalue weighted by molar-refractivity contribution is 6.26. The number of alkyl halides is 1. The smallest absolute Gasteiger partial charge is 0.320 e. The Labute approximate surface area is 103 Å². The first-order valence-corrected chi connectivity index (χ1v) is 5.37. The van der Waals surface area contributed by atoms with Gasteiger partial charge in [-0.1, -0.05) is 12.1 Å². The number of anilines is 1. The third-order valence-electron chi connectivity index (χ3n) is 1.89. The fourth-order valence-electron chi connectivity index (χ4n) is 1.17. The van der Waals surface area contributed by atoms with Crippen molar-refractivity contribution in [2.45, 2.75) is 0 Å². The van der Waals surface area contributed by atoms with E-state index in [-0.39, 0.29) is 24.7 Å². The Morgan fingerprint density at radius 1 is 1.47 bits per heavy atom. The van der Waals surface area contributed by atoms with Crippen molar-refractivity contribution in [2.75, 3.05) is 24.3 Å². The summed E-state index contributed by atoms with van der Waals surface area (Å²) in [5.74, 6) is -0.720. The van der Waals surface area contributed by atoms with Gasteiger partial charge >= 0.3 is 5.97 Å². The first-order chi connectivity index (χ1) is 8.15. The van der Waals surface area contributed by atoms with Crippen molar-refractivity contribution in [1.29, 1.82) is 0 Å². The van der Waals surface area contributed by atoms with Crippen LogP contribution in [0.3, 0.4) is 0 Å². The zero-order chi connectivity index (χ0) is 12.7. The Kier molecular flexibility index (Phi) is 5.22. The molecule has 0 spiro atoms. The summed E-state index contributed by atoms with van der Waals surface area (Å²) in [4.78, 5) is 20.9. The lowest BCUT2D eigenvalue weighted by Crippen LogP contribution is -2.14. The fraction of sp³-hybridized carbons (Fsp3) is 0.300. The van der Waals surface area contributed by atoms with E-state index in [2.05, 4.69) is 5.32 Å². The molecule has 0 bridgehead atoms. The summed E-state index contributed by atoms with van der Waals surface area (Å²) in [6, 6.07) is 6.24. The average Bonchev–Trinajstić information content (AvgIpc) is 2.34. The van der Waals surface area contributed by atoms with Crippen LogP contribution in [-0.2, 0) is 9.53 Å². The molecule has 0 heterocycles. The molecule has 0 atom stereocenters. The Morgan fingerprint density at radius 3 is 2.82 bits per heavy atom. The molecule has 0 radical (unpaired) electrons. The first kappa shape index (κ1) is 13.2. The number of ether oxygens (including phenoxy) is 1. The van der Waals surface area contributed by atoms with Crippen LogP contribution in [0.4, 0.5) is 11.4 Å². The number of nitro groups is 1. The highest BCUT2D eigenvalue weighted by Crippen LogP contribution is 2.22. The number of benzene rings is 1. The Morgan fingerprint density at radius 2 is 2.18 bits per heavy atom. The maximum Gasteiger partial charge on any atom is 0.320 e. The van der Waals surface area contributed by atoms with Crippen molar-refractivity contribution in [3.05, 3.63) is 34.4 Å². The number of esters is 1. The molecule has 0 unspecified atom stereocenters. The number of nitro benzene ring substituents is 1. The van der Waals surface area contributed by atoms with Crippen LogP contribution in [0.1, 0.15) is 0 Å². The van der Waals surface area contributed by atoms with Gasteiger partial charge in [-0.25, -0.2) is 0 Å². The van der Waals surface area contributed by atoms with E-state index in [0.29, 0.717) is 5.69 Å². The number of para-hydroxylation sites is 2. The molecule has 7 heteroatoms. The molecule has 17 heavy (non-hydrogen) atoms. The molecule has 0 saturated carbocycles. The van der Waals surface area contributed by atoms with E-state index in [1.807, 2.05) is 0 Å². The van der Waals surface area contributed by atoms with Gasteiger partial charge in [0, 0.05) is 12.6 Å². The summed E-state index contributed by atoms with van der Waals surface area (Å²) < 4.78 is 4.71. The van der Waals surface area contributed by atoms with E-state index >= 15 is 0 Å². The van der Waals surface area contributed by atoms with Crippen LogP contribution in [0.25, 0.3) is 0 Å². The number of hydrogen-bond acceptors (Lipinski definition) is 5. The predicted molar refractivity (Wildman–Crippen MR) is 63.3 cm³/mol. The van der Waals surface area contributed by atoms with Crippen LogP contribution < -0.4 is 5.32 Å². The normalized spacial score (nSPS) is 9.71. The lowest BCUT2D eigenvalue weighted by atomic mass is 10.2. The average molecular weight is 259 g/mol. The first-order valence-electron chi connectivity index (χ1n) is 4.84. The number of carbonyl (C=O) groups excluding carboxylic acids is 1. The second-order valence-corrected chi connectivity index (χ2v) is 3.32. The molecule has 1 aromatic rings. The topological polar surface area (TPSA) is 81.5 Å². The minimum absolute atomic E-state index is 0.0174. The van der Waals surface area contributed by atoms with Gasteiger partial charge in [0.15, 0.2) is 0 Å². The van der Waals surface area contributed by atoms with Gasteiger partial charge in [0.25, 0.3) is 5.69 Å². The molecule has 6 nitrogen and oxygen atoms in total. The number of nitrogens with zero attached hydrogens (tertiary/aromatic N) is 1. The molecular formula is C10H11ClN2O4. The Hall–Kier alpha value is -1.82. The van der Waals surface area contributed by atoms with Gasteiger partial charge in [-0.2, -0.15) is 0 Å². The molecule has 0 aromatic heterocycles. The number of nitrogens with one attached hydrogen (secondary N) is 1. The quantitative estimate of drug-likeness (QED) is 0.277. The number of rotatable bonds is 6. The highest BCUT2D eigenvalue weighted by atomic mass is 35.5. The van der Waals surface area contributed by atoms with E-state index in [1.165, 1.54) is 6.07 Å². The standard InChI is InChI=1S/C10H11ClN2O4/c11-7-10(14)17-6-5-12-8-3-1-2-4-9(8)13(15)16/h1-4,12H,5-7H2. The van der Waals surface area contributed by atoms with Crippen molar-refractivity contribution in [1.82, 2.24) is 0 Å². The number of hydrogen-bond donors (Lipinski definition) is 1. The summed E-state index contributed by atoms with van der Waals surface area (Å²) in [5.41, 5.74) is 0.371. The largest absolute Gasteiger partial charge is 0.463 e. The van der Waals surface area contributed by atoms with E-state index < -0.39 is 10.9 Å². The van der Waals surface area contributed by atoms with Crippen molar-refractivity contribution in [2.24, 2.45) is 0 Å².